The summed E-state index contributed by atoms with van der Waals surface area (Å²) in [6.45, 7) is 0. The van der Waals surface area contributed by atoms with E-state index in [-0.39, 0.29) is 5.78 Å². The van der Waals surface area contributed by atoms with Gasteiger partial charge in [-0.2, -0.15) is 4.57 Å². The first kappa shape index (κ1) is 24.7. The number of carbonyl (C=O) groups is 1. The Labute approximate surface area is 227 Å². The van der Waals surface area contributed by atoms with Crippen molar-refractivity contribution in [1.82, 2.24) is 0 Å². The average Bonchev–Trinajstić information content (AvgIpc) is 3.14. The maximum atomic E-state index is 12.9. The van der Waals surface area contributed by atoms with Crippen LogP contribution in [0, 0.1) is 0 Å². The third-order valence-electron chi connectivity index (χ3n) is 7.60. The zero-order chi connectivity index (χ0) is 27.1. The molecular weight excluding hydrogens is 486 g/mol. The highest BCUT2D eigenvalue weighted by Crippen LogP contribution is 2.45. The maximum absolute atomic E-state index is 12.9. The molecule has 0 unspecified atom stereocenters. The summed E-state index contributed by atoms with van der Waals surface area (Å²) >= 11 is 0. The number of hydrogen-bond acceptors (Lipinski definition) is 4. The summed E-state index contributed by atoms with van der Waals surface area (Å²) < 4.78 is 19.3. The van der Waals surface area contributed by atoms with Crippen LogP contribution in [0.5, 0.6) is 11.5 Å². The predicted molar refractivity (Wildman–Crippen MR) is 155 cm³/mol. The van der Waals surface area contributed by atoms with Crippen molar-refractivity contribution in [2.24, 2.45) is 7.05 Å². The fourth-order valence-electron chi connectivity index (χ4n) is 5.78. The van der Waals surface area contributed by atoms with Crippen LogP contribution in [-0.4, -0.2) is 27.1 Å². The lowest BCUT2D eigenvalue weighted by molar-refractivity contribution is -0.643. The summed E-state index contributed by atoms with van der Waals surface area (Å²) in [4.78, 5) is 12.9. The number of hydrogen-bond donors (Lipinski definition) is 0. The van der Waals surface area contributed by atoms with Crippen LogP contribution in [0.3, 0.4) is 0 Å². The number of nitrogens with zero attached hydrogens (tertiary/aromatic N) is 1. The molecule has 1 aliphatic rings. The van der Waals surface area contributed by atoms with Gasteiger partial charge in [-0.1, -0.05) is 60.7 Å². The van der Waals surface area contributed by atoms with Gasteiger partial charge < -0.3 is 14.2 Å². The molecule has 0 N–H and O–H groups in total. The zero-order valence-corrected chi connectivity index (χ0v) is 22.6. The molecule has 1 heterocycles. The lowest BCUT2D eigenvalue weighted by Crippen LogP contribution is -2.30. The monoisotopic (exact) mass is 516 g/mol. The van der Waals surface area contributed by atoms with E-state index in [1.54, 1.807) is 21.3 Å². The van der Waals surface area contributed by atoms with E-state index in [1.807, 2.05) is 19.2 Å². The van der Waals surface area contributed by atoms with Gasteiger partial charge in [-0.15, -0.1) is 0 Å². The molecule has 0 atom stereocenters. The highest BCUT2D eigenvalue weighted by atomic mass is 16.5. The summed E-state index contributed by atoms with van der Waals surface area (Å²) in [5.41, 5.74) is 7.49. The van der Waals surface area contributed by atoms with Gasteiger partial charge in [0.25, 0.3) is 0 Å². The minimum atomic E-state index is 0.137. The van der Waals surface area contributed by atoms with E-state index in [2.05, 4.69) is 77.5 Å². The lowest BCUT2D eigenvalue weighted by atomic mass is 9.91. The number of fused-ring (bicyclic) bond motifs is 5. The van der Waals surface area contributed by atoms with Crippen LogP contribution in [0.15, 0.2) is 84.8 Å². The maximum Gasteiger partial charge on any atom is 0.217 e. The van der Waals surface area contributed by atoms with E-state index in [0.29, 0.717) is 30.1 Å². The second-order valence-electron chi connectivity index (χ2n) is 9.87. The van der Waals surface area contributed by atoms with E-state index in [0.717, 1.165) is 49.5 Å². The zero-order valence-electron chi connectivity index (χ0n) is 22.6. The molecule has 0 amide bonds. The third-order valence-corrected chi connectivity index (χ3v) is 7.60. The smallest absolute Gasteiger partial charge is 0.217 e. The summed E-state index contributed by atoms with van der Waals surface area (Å²) in [5, 5.41) is 3.06. The number of allylic oxidation sites excluding steroid dienone is 1. The van der Waals surface area contributed by atoms with Gasteiger partial charge in [0, 0.05) is 17.4 Å². The van der Waals surface area contributed by atoms with Gasteiger partial charge >= 0.3 is 0 Å². The number of methoxy groups -OCH3 is 3. The van der Waals surface area contributed by atoms with Crippen molar-refractivity contribution in [3.8, 4) is 33.8 Å². The van der Waals surface area contributed by atoms with Crippen LogP contribution in [0.4, 0.5) is 0 Å². The van der Waals surface area contributed by atoms with Gasteiger partial charge in [0.05, 0.1) is 38.5 Å². The van der Waals surface area contributed by atoms with Crippen molar-refractivity contribution in [1.29, 1.82) is 0 Å². The fourth-order valence-corrected chi connectivity index (χ4v) is 5.78. The highest BCUT2D eigenvalue weighted by Gasteiger charge is 2.27. The molecule has 0 aliphatic heterocycles. The van der Waals surface area contributed by atoms with Crippen molar-refractivity contribution in [2.45, 2.75) is 12.8 Å². The van der Waals surface area contributed by atoms with Gasteiger partial charge in [-0.05, 0) is 46.0 Å². The molecule has 1 aliphatic carbocycles. The van der Waals surface area contributed by atoms with Crippen molar-refractivity contribution in [3.63, 3.8) is 0 Å². The first-order valence-corrected chi connectivity index (χ1v) is 13.0. The predicted octanol–water partition coefficient (Wildman–Crippen LogP) is 6.67. The van der Waals surface area contributed by atoms with Gasteiger partial charge in [0.15, 0.2) is 17.7 Å². The second kappa shape index (κ2) is 9.91. The Balaban J connectivity index is 1.67. The average molecular weight is 517 g/mol. The second-order valence-corrected chi connectivity index (χ2v) is 9.87. The molecule has 5 nitrogen and oxygen atoms in total. The number of ether oxygens (including phenoxy) is 3. The van der Waals surface area contributed by atoms with Crippen LogP contribution >= 0.6 is 0 Å². The van der Waals surface area contributed by atoms with Crippen LogP contribution in [0.25, 0.3) is 50.0 Å². The third kappa shape index (κ3) is 4.20. The summed E-state index contributed by atoms with van der Waals surface area (Å²) in [6.07, 6.45) is 4.72. The quantitative estimate of drug-likeness (QED) is 0.193. The molecule has 1 aromatic heterocycles. The van der Waals surface area contributed by atoms with E-state index in [1.165, 1.54) is 5.56 Å². The van der Waals surface area contributed by atoms with Crippen LogP contribution < -0.4 is 14.0 Å². The molecule has 0 bridgehead atoms. The summed E-state index contributed by atoms with van der Waals surface area (Å²) in [6, 6.07) is 25.3. The van der Waals surface area contributed by atoms with Gasteiger partial charge in [0.2, 0.25) is 5.52 Å². The molecule has 194 valence electrons. The van der Waals surface area contributed by atoms with E-state index in [4.69, 9.17) is 14.2 Å². The number of benzene rings is 4. The van der Waals surface area contributed by atoms with E-state index >= 15 is 0 Å². The lowest BCUT2D eigenvalue weighted by Gasteiger charge is -2.17. The molecule has 0 fully saturated rings. The Bertz CT molecular complexity index is 1770. The molecule has 39 heavy (non-hydrogen) atoms. The largest absolute Gasteiger partial charge is 0.501 e. The Kier molecular flexibility index (Phi) is 6.27. The minimum absolute atomic E-state index is 0.137. The first-order valence-electron chi connectivity index (χ1n) is 13.0. The Morgan fingerprint density at radius 3 is 2.15 bits per heavy atom. The van der Waals surface area contributed by atoms with E-state index in [9.17, 15) is 4.79 Å². The Hall–Kier alpha value is -4.64. The molecule has 6 rings (SSSR count). The van der Waals surface area contributed by atoms with Crippen LogP contribution in [0.1, 0.15) is 17.5 Å². The highest BCUT2D eigenvalue weighted by molar-refractivity contribution is 6.16. The number of carbonyl (C=O) groups excluding carboxylic acids is 1. The van der Waals surface area contributed by atoms with Crippen molar-refractivity contribution < 1.29 is 23.6 Å². The standard InChI is InChI=1S/C34H30NO4/c1-35-20-30-32(27-15-14-24-16-26(37-2)17-25(36)18-29(24)33(27)35)28(19-31(38-3)34(30)39-4)23-12-10-22(11-13-23)21-8-6-5-7-9-21/h5-16,19-20H,17-18H2,1-4H3/q+1. The normalized spacial score (nSPS) is 13.1. The number of Topliss-reactive ketones (excluding diaryl/α,β-unsaturated/α-hetero) is 1. The molecule has 0 saturated carbocycles. The molecule has 0 saturated heterocycles. The number of rotatable bonds is 5. The summed E-state index contributed by atoms with van der Waals surface area (Å²) in [5.74, 6) is 2.18. The molecule has 4 aromatic carbocycles. The molecule has 5 aromatic rings. The van der Waals surface area contributed by atoms with Gasteiger partial charge in [0.1, 0.15) is 18.6 Å². The van der Waals surface area contributed by atoms with Crippen molar-refractivity contribution >= 4 is 33.5 Å². The Morgan fingerprint density at radius 2 is 1.46 bits per heavy atom. The number of aryl methyl sites for hydroxylation is 1. The minimum Gasteiger partial charge on any atom is -0.501 e. The summed E-state index contributed by atoms with van der Waals surface area (Å²) in [7, 11) is 6.97. The topological polar surface area (TPSA) is 48.6 Å². The molecule has 0 radical (unpaired) electrons. The Morgan fingerprint density at radius 1 is 0.744 bits per heavy atom. The first-order chi connectivity index (χ1) is 19.0. The number of ketones is 1. The molecule has 0 spiro atoms. The van der Waals surface area contributed by atoms with Gasteiger partial charge in [-0.25, -0.2) is 0 Å². The number of aromatic nitrogens is 1. The van der Waals surface area contributed by atoms with Gasteiger partial charge in [-0.3, -0.25) is 4.79 Å². The molecular formula is C34H30NO4+. The van der Waals surface area contributed by atoms with Crippen molar-refractivity contribution in [3.05, 3.63) is 95.9 Å². The number of pyridine rings is 1. The van der Waals surface area contributed by atoms with Crippen LogP contribution in [0.2, 0.25) is 0 Å². The van der Waals surface area contributed by atoms with Crippen molar-refractivity contribution in [2.75, 3.05) is 21.3 Å². The molecule has 5 heteroatoms. The fraction of sp³-hybridized carbons (Fsp3) is 0.176. The SMILES string of the molecule is COC1=Cc2ccc3c4c(-c5ccc(-c6ccccc6)cc5)cc(OC)c(OC)c4c[n+](C)c3c2CC(=O)C1. The van der Waals surface area contributed by atoms with E-state index < -0.39 is 0 Å². The van der Waals surface area contributed by atoms with Crippen LogP contribution in [-0.2, 0) is 23.0 Å².